The van der Waals surface area contributed by atoms with Gasteiger partial charge in [0.2, 0.25) is 0 Å². The van der Waals surface area contributed by atoms with Crippen LogP contribution in [0.5, 0.6) is 0 Å². The Morgan fingerprint density at radius 3 is 2.52 bits per heavy atom. The Morgan fingerprint density at radius 1 is 1.08 bits per heavy atom. The summed E-state index contributed by atoms with van der Waals surface area (Å²) in [6.45, 7) is 14.4. The fourth-order valence-electron chi connectivity index (χ4n) is 2.66. The maximum atomic E-state index is 5.58. The number of guanidine groups is 1. The van der Waals surface area contributed by atoms with Gasteiger partial charge >= 0.3 is 0 Å². The number of rotatable bonds is 13. The molecule has 0 amide bonds. The highest BCUT2D eigenvalue weighted by Gasteiger charge is 2.24. The molecule has 1 fully saturated rings. The van der Waals surface area contributed by atoms with E-state index in [2.05, 4.69) is 29.1 Å². The number of ether oxygens (including phenoxy) is 3. The summed E-state index contributed by atoms with van der Waals surface area (Å²) in [5, 5.41) is 3.38. The Bertz CT molecular complexity index is 333. The Labute approximate surface area is 171 Å². The van der Waals surface area contributed by atoms with Gasteiger partial charge in [-0.2, -0.15) is 0 Å². The smallest absolute Gasteiger partial charge is 0.194 e. The summed E-state index contributed by atoms with van der Waals surface area (Å²) in [4.78, 5) is 7.02. The molecule has 0 aromatic carbocycles. The molecule has 150 valence electrons. The Hall–Kier alpha value is -0.120. The van der Waals surface area contributed by atoms with E-state index in [1.807, 2.05) is 6.92 Å². The summed E-state index contributed by atoms with van der Waals surface area (Å²) < 4.78 is 16.6. The van der Waals surface area contributed by atoms with Crippen LogP contribution in [-0.4, -0.2) is 76.7 Å². The molecule has 1 rings (SSSR count). The standard InChI is InChI=1S/C18H37N3O3.HI/c1-4-7-11-23-13-14-24-12-9-20-18(19-5-2)21-10-8-17(15-21)16-22-6-3;/h17H,4-16H2,1-3H3,(H,19,20);1H. The Balaban J connectivity index is 0.00000576. The minimum absolute atomic E-state index is 0. The van der Waals surface area contributed by atoms with Crippen LogP contribution in [0.4, 0.5) is 0 Å². The molecule has 1 atom stereocenters. The van der Waals surface area contributed by atoms with Crippen molar-refractivity contribution in [2.45, 2.75) is 40.0 Å². The third kappa shape index (κ3) is 12.0. The molecular formula is C18H38IN3O3. The first-order chi connectivity index (χ1) is 11.8. The molecule has 0 aromatic heterocycles. The molecule has 1 saturated heterocycles. The van der Waals surface area contributed by atoms with Crippen molar-refractivity contribution in [3.63, 3.8) is 0 Å². The van der Waals surface area contributed by atoms with Crippen molar-refractivity contribution in [1.29, 1.82) is 0 Å². The molecule has 7 heteroatoms. The van der Waals surface area contributed by atoms with E-state index in [-0.39, 0.29) is 24.0 Å². The normalized spacial score (nSPS) is 17.6. The second-order valence-electron chi connectivity index (χ2n) is 6.07. The van der Waals surface area contributed by atoms with E-state index in [1.54, 1.807) is 0 Å². The predicted molar refractivity (Wildman–Crippen MR) is 114 cm³/mol. The fraction of sp³-hybridized carbons (Fsp3) is 0.944. The molecule has 0 radical (unpaired) electrons. The van der Waals surface area contributed by atoms with Crippen LogP contribution in [0.15, 0.2) is 4.99 Å². The van der Waals surface area contributed by atoms with Gasteiger partial charge in [-0.15, -0.1) is 24.0 Å². The van der Waals surface area contributed by atoms with Crippen LogP contribution in [0.2, 0.25) is 0 Å². The summed E-state index contributed by atoms with van der Waals surface area (Å²) in [6, 6.07) is 0. The molecule has 0 aliphatic carbocycles. The molecule has 1 N–H and O–H groups in total. The third-order valence-corrected chi connectivity index (χ3v) is 3.99. The minimum Gasteiger partial charge on any atom is -0.381 e. The van der Waals surface area contributed by atoms with Crippen molar-refractivity contribution in [3.8, 4) is 0 Å². The van der Waals surface area contributed by atoms with Gasteiger partial charge in [0.1, 0.15) is 0 Å². The highest BCUT2D eigenvalue weighted by Crippen LogP contribution is 2.16. The van der Waals surface area contributed by atoms with Gasteiger partial charge in [-0.1, -0.05) is 13.3 Å². The van der Waals surface area contributed by atoms with Gasteiger partial charge in [-0.25, -0.2) is 0 Å². The summed E-state index contributed by atoms with van der Waals surface area (Å²) in [5.74, 6) is 1.62. The molecule has 0 aromatic rings. The molecule has 1 aliphatic rings. The molecule has 0 spiro atoms. The number of unbranched alkanes of at least 4 members (excludes halogenated alkanes) is 1. The lowest BCUT2D eigenvalue weighted by atomic mass is 10.1. The van der Waals surface area contributed by atoms with Gasteiger partial charge in [0.15, 0.2) is 5.96 Å². The first-order valence-corrected chi connectivity index (χ1v) is 9.58. The first-order valence-electron chi connectivity index (χ1n) is 9.58. The summed E-state index contributed by atoms with van der Waals surface area (Å²) in [6.07, 6.45) is 3.47. The topological polar surface area (TPSA) is 55.3 Å². The van der Waals surface area contributed by atoms with Gasteiger partial charge < -0.3 is 24.4 Å². The first kappa shape index (κ1) is 24.9. The van der Waals surface area contributed by atoms with Crippen LogP contribution in [0.3, 0.4) is 0 Å². The monoisotopic (exact) mass is 471 g/mol. The molecule has 0 saturated carbocycles. The predicted octanol–water partition coefficient (Wildman–Crippen LogP) is 2.76. The SMILES string of the molecule is CCCCOCCOCCN=C(NCC)N1CCC(COCC)C1.I. The number of halogens is 1. The molecule has 1 aliphatic heterocycles. The van der Waals surface area contributed by atoms with E-state index in [0.717, 1.165) is 51.8 Å². The number of likely N-dealkylation sites (tertiary alicyclic amines) is 1. The number of aliphatic imine (C=N–C) groups is 1. The highest BCUT2D eigenvalue weighted by atomic mass is 127. The highest BCUT2D eigenvalue weighted by molar-refractivity contribution is 14.0. The van der Waals surface area contributed by atoms with Crippen LogP contribution < -0.4 is 5.32 Å². The van der Waals surface area contributed by atoms with Crippen molar-refractivity contribution < 1.29 is 14.2 Å². The molecule has 1 unspecified atom stereocenters. The van der Waals surface area contributed by atoms with E-state index in [0.29, 0.717) is 32.3 Å². The molecule has 6 nitrogen and oxygen atoms in total. The Morgan fingerprint density at radius 2 is 1.84 bits per heavy atom. The molecule has 1 heterocycles. The molecule has 25 heavy (non-hydrogen) atoms. The molecular weight excluding hydrogens is 433 g/mol. The lowest BCUT2D eigenvalue weighted by Crippen LogP contribution is -2.40. The van der Waals surface area contributed by atoms with Gasteiger partial charge in [-0.05, 0) is 26.7 Å². The average Bonchev–Trinajstić information content (AvgIpc) is 3.06. The summed E-state index contributed by atoms with van der Waals surface area (Å²) in [7, 11) is 0. The lowest BCUT2D eigenvalue weighted by molar-refractivity contribution is 0.0497. The maximum absolute atomic E-state index is 5.58. The Kier molecular flexibility index (Phi) is 17.2. The number of hydrogen-bond donors (Lipinski definition) is 1. The fourth-order valence-corrected chi connectivity index (χ4v) is 2.66. The maximum Gasteiger partial charge on any atom is 0.194 e. The largest absolute Gasteiger partial charge is 0.381 e. The molecule has 0 bridgehead atoms. The van der Waals surface area contributed by atoms with Gasteiger partial charge in [0, 0.05) is 38.8 Å². The zero-order chi connectivity index (χ0) is 17.5. The number of nitrogens with zero attached hydrogens (tertiary/aromatic N) is 2. The van der Waals surface area contributed by atoms with E-state index < -0.39 is 0 Å². The van der Waals surface area contributed by atoms with Crippen molar-refractivity contribution in [2.24, 2.45) is 10.9 Å². The average molecular weight is 471 g/mol. The van der Waals surface area contributed by atoms with E-state index in [9.17, 15) is 0 Å². The van der Waals surface area contributed by atoms with Crippen molar-refractivity contribution in [2.75, 3.05) is 65.8 Å². The van der Waals surface area contributed by atoms with Gasteiger partial charge in [-0.3, -0.25) is 4.99 Å². The quantitative estimate of drug-likeness (QED) is 0.194. The lowest BCUT2D eigenvalue weighted by Gasteiger charge is -2.21. The van der Waals surface area contributed by atoms with E-state index in [4.69, 9.17) is 14.2 Å². The van der Waals surface area contributed by atoms with Gasteiger partial charge in [0.05, 0.1) is 33.0 Å². The van der Waals surface area contributed by atoms with Gasteiger partial charge in [0.25, 0.3) is 0 Å². The van der Waals surface area contributed by atoms with Crippen LogP contribution in [0, 0.1) is 5.92 Å². The van der Waals surface area contributed by atoms with Crippen molar-refractivity contribution >= 4 is 29.9 Å². The number of hydrogen-bond acceptors (Lipinski definition) is 4. The van der Waals surface area contributed by atoms with Crippen molar-refractivity contribution in [1.82, 2.24) is 10.2 Å². The zero-order valence-electron chi connectivity index (χ0n) is 16.3. The van der Waals surface area contributed by atoms with Crippen LogP contribution in [0.1, 0.15) is 40.0 Å². The van der Waals surface area contributed by atoms with E-state index in [1.165, 1.54) is 12.8 Å². The van der Waals surface area contributed by atoms with E-state index >= 15 is 0 Å². The second-order valence-corrected chi connectivity index (χ2v) is 6.07. The van der Waals surface area contributed by atoms with Crippen LogP contribution in [0.25, 0.3) is 0 Å². The summed E-state index contributed by atoms with van der Waals surface area (Å²) >= 11 is 0. The summed E-state index contributed by atoms with van der Waals surface area (Å²) in [5.41, 5.74) is 0. The zero-order valence-corrected chi connectivity index (χ0v) is 18.6. The van der Waals surface area contributed by atoms with Crippen LogP contribution >= 0.6 is 24.0 Å². The van der Waals surface area contributed by atoms with Crippen LogP contribution in [-0.2, 0) is 14.2 Å². The van der Waals surface area contributed by atoms with Crippen molar-refractivity contribution in [3.05, 3.63) is 0 Å². The number of nitrogens with one attached hydrogen (secondary N) is 1. The second kappa shape index (κ2) is 17.3. The third-order valence-electron chi connectivity index (χ3n) is 3.99. The minimum atomic E-state index is 0.